The van der Waals surface area contributed by atoms with Crippen LogP contribution < -0.4 is 10.6 Å². The molecule has 138 valence electrons. The molecular weight excluding hydrogens is 427 g/mol. The first-order chi connectivity index (χ1) is 11.5. The second-order valence-corrected chi connectivity index (χ2v) is 6.88. The summed E-state index contributed by atoms with van der Waals surface area (Å²) in [6.07, 6.45) is 0. The molecule has 8 nitrogen and oxygen atoms in total. The van der Waals surface area contributed by atoms with Gasteiger partial charge in [-0.05, 0) is 0 Å². The normalized spacial score (nSPS) is 11.0. The van der Waals surface area contributed by atoms with Crippen molar-refractivity contribution in [3.05, 3.63) is 22.2 Å². The van der Waals surface area contributed by atoms with Crippen LogP contribution in [0.25, 0.3) is 0 Å². The third-order valence-electron chi connectivity index (χ3n) is 2.57. The standard InChI is InChI=1S/C12H10Cl4FN3O5/c1-24-3-4-5(9(21)25-2)7(6(17)8(13)18-4)19-11(23)20-10(22)12(14,15)16/h3H2,1-2H3,(H2,18,19,20,22,23). The summed E-state index contributed by atoms with van der Waals surface area (Å²) in [5.41, 5.74) is -1.25. The van der Waals surface area contributed by atoms with Crippen molar-refractivity contribution in [1.82, 2.24) is 10.3 Å². The second kappa shape index (κ2) is 8.81. The summed E-state index contributed by atoms with van der Waals surface area (Å²) in [5.74, 6) is -3.57. The number of rotatable bonds is 4. The third kappa shape index (κ3) is 5.55. The lowest BCUT2D eigenvalue weighted by Gasteiger charge is -2.16. The van der Waals surface area contributed by atoms with E-state index in [0.717, 1.165) is 7.11 Å². The summed E-state index contributed by atoms with van der Waals surface area (Å²) in [5, 5.41) is 2.94. The van der Waals surface area contributed by atoms with E-state index in [9.17, 15) is 18.8 Å². The first kappa shape index (κ1) is 21.7. The van der Waals surface area contributed by atoms with E-state index in [0.29, 0.717) is 0 Å². The highest BCUT2D eigenvalue weighted by atomic mass is 35.6. The van der Waals surface area contributed by atoms with Gasteiger partial charge in [-0.3, -0.25) is 10.1 Å². The van der Waals surface area contributed by atoms with Gasteiger partial charge in [-0.15, -0.1) is 0 Å². The Hall–Kier alpha value is -1.39. The Morgan fingerprint density at radius 1 is 1.24 bits per heavy atom. The van der Waals surface area contributed by atoms with Crippen LogP contribution in [0.5, 0.6) is 0 Å². The zero-order valence-electron chi connectivity index (χ0n) is 12.6. The molecule has 13 heteroatoms. The lowest BCUT2D eigenvalue weighted by atomic mass is 10.1. The molecule has 1 aromatic heterocycles. The summed E-state index contributed by atoms with van der Waals surface area (Å²) in [4.78, 5) is 38.9. The molecule has 2 N–H and O–H groups in total. The van der Waals surface area contributed by atoms with Crippen LogP contribution in [-0.4, -0.2) is 40.9 Å². The molecule has 0 aliphatic heterocycles. The fourth-order valence-corrected chi connectivity index (χ4v) is 1.92. The molecule has 0 unspecified atom stereocenters. The Kier molecular flexibility index (Phi) is 7.63. The Morgan fingerprint density at radius 2 is 1.84 bits per heavy atom. The molecule has 0 spiro atoms. The van der Waals surface area contributed by atoms with E-state index < -0.39 is 43.9 Å². The smallest absolute Gasteiger partial charge is 0.342 e. The minimum Gasteiger partial charge on any atom is -0.465 e. The lowest BCUT2D eigenvalue weighted by molar-refractivity contribution is -0.119. The van der Waals surface area contributed by atoms with Crippen molar-refractivity contribution >= 4 is 70.0 Å². The average molecular weight is 437 g/mol. The number of nitrogens with zero attached hydrogens (tertiary/aromatic N) is 1. The summed E-state index contributed by atoms with van der Waals surface area (Å²) in [6.45, 7) is -0.242. The van der Waals surface area contributed by atoms with E-state index in [1.165, 1.54) is 7.11 Å². The molecule has 1 rings (SSSR count). The quantitative estimate of drug-likeness (QED) is 0.427. The molecule has 0 saturated heterocycles. The highest BCUT2D eigenvalue weighted by molar-refractivity contribution is 6.76. The minimum absolute atomic E-state index is 0.108. The Labute approximate surface area is 160 Å². The number of carbonyl (C=O) groups is 3. The molecule has 0 saturated carbocycles. The van der Waals surface area contributed by atoms with E-state index in [-0.39, 0.29) is 12.3 Å². The van der Waals surface area contributed by atoms with Crippen molar-refractivity contribution in [2.45, 2.75) is 10.4 Å². The first-order valence-corrected chi connectivity index (χ1v) is 7.68. The van der Waals surface area contributed by atoms with Gasteiger partial charge in [0, 0.05) is 7.11 Å². The third-order valence-corrected chi connectivity index (χ3v) is 3.33. The molecule has 1 heterocycles. The van der Waals surface area contributed by atoms with Gasteiger partial charge >= 0.3 is 12.0 Å². The van der Waals surface area contributed by atoms with Crippen LogP contribution in [-0.2, 0) is 20.9 Å². The first-order valence-electron chi connectivity index (χ1n) is 6.17. The summed E-state index contributed by atoms with van der Waals surface area (Å²) < 4.78 is 21.2. The van der Waals surface area contributed by atoms with Gasteiger partial charge in [-0.1, -0.05) is 46.4 Å². The number of hydrogen-bond donors (Lipinski definition) is 2. The molecule has 3 amide bonds. The predicted molar refractivity (Wildman–Crippen MR) is 88.7 cm³/mol. The highest BCUT2D eigenvalue weighted by Gasteiger charge is 2.33. The van der Waals surface area contributed by atoms with E-state index in [4.69, 9.17) is 51.1 Å². The monoisotopic (exact) mass is 435 g/mol. The predicted octanol–water partition coefficient (Wildman–Crippen LogP) is 2.83. The maximum atomic E-state index is 14.3. The highest BCUT2D eigenvalue weighted by Crippen LogP contribution is 2.29. The van der Waals surface area contributed by atoms with Gasteiger partial charge in [0.2, 0.25) is 0 Å². The van der Waals surface area contributed by atoms with Gasteiger partial charge in [0.25, 0.3) is 9.70 Å². The maximum Gasteiger partial charge on any atom is 0.342 e. The maximum absolute atomic E-state index is 14.3. The van der Waals surface area contributed by atoms with Gasteiger partial charge in [0.15, 0.2) is 11.0 Å². The number of pyridine rings is 1. The zero-order valence-corrected chi connectivity index (χ0v) is 15.6. The molecule has 25 heavy (non-hydrogen) atoms. The van der Waals surface area contributed by atoms with Crippen molar-refractivity contribution in [3.63, 3.8) is 0 Å². The van der Waals surface area contributed by atoms with Crippen LogP contribution in [0, 0.1) is 5.82 Å². The SMILES string of the molecule is COCc1nc(Cl)c(F)c(NC(=O)NC(=O)C(Cl)(Cl)Cl)c1C(=O)OC. The van der Waals surface area contributed by atoms with Crippen molar-refractivity contribution in [3.8, 4) is 0 Å². The second-order valence-electron chi connectivity index (χ2n) is 4.24. The molecular formula is C12H10Cl4FN3O5. The Morgan fingerprint density at radius 3 is 2.32 bits per heavy atom. The number of amides is 3. The average Bonchev–Trinajstić information content (AvgIpc) is 2.51. The van der Waals surface area contributed by atoms with Gasteiger partial charge in [-0.2, -0.15) is 0 Å². The number of methoxy groups -OCH3 is 2. The van der Waals surface area contributed by atoms with Gasteiger partial charge in [0.1, 0.15) is 5.56 Å². The van der Waals surface area contributed by atoms with Crippen LogP contribution in [0.3, 0.4) is 0 Å². The van der Waals surface area contributed by atoms with Crippen LogP contribution in [0.1, 0.15) is 16.1 Å². The molecule has 1 aromatic rings. The number of anilines is 1. The van der Waals surface area contributed by atoms with Crippen LogP contribution in [0.2, 0.25) is 5.15 Å². The van der Waals surface area contributed by atoms with E-state index in [1.807, 2.05) is 5.32 Å². The van der Waals surface area contributed by atoms with E-state index in [1.54, 1.807) is 5.32 Å². The number of aromatic nitrogens is 1. The molecule has 0 aliphatic rings. The van der Waals surface area contributed by atoms with E-state index >= 15 is 0 Å². The number of hydrogen-bond acceptors (Lipinski definition) is 6. The lowest BCUT2D eigenvalue weighted by Crippen LogP contribution is -2.41. The summed E-state index contributed by atoms with van der Waals surface area (Å²) in [7, 11) is 2.32. The number of carbonyl (C=O) groups excluding carboxylic acids is 3. The number of urea groups is 1. The van der Waals surface area contributed by atoms with Crippen molar-refractivity contribution in [2.24, 2.45) is 0 Å². The van der Waals surface area contributed by atoms with Crippen molar-refractivity contribution < 1.29 is 28.2 Å². The number of nitrogens with one attached hydrogen (secondary N) is 2. The van der Waals surface area contributed by atoms with Crippen molar-refractivity contribution in [2.75, 3.05) is 19.5 Å². The molecule has 0 fully saturated rings. The molecule has 0 atom stereocenters. The number of ether oxygens (including phenoxy) is 2. The summed E-state index contributed by atoms with van der Waals surface area (Å²) >= 11 is 21.5. The van der Waals surface area contributed by atoms with Crippen LogP contribution in [0.4, 0.5) is 14.9 Å². The van der Waals surface area contributed by atoms with Crippen LogP contribution in [0.15, 0.2) is 0 Å². The van der Waals surface area contributed by atoms with E-state index in [2.05, 4.69) is 9.72 Å². The number of alkyl halides is 3. The van der Waals surface area contributed by atoms with Crippen molar-refractivity contribution in [1.29, 1.82) is 0 Å². The largest absolute Gasteiger partial charge is 0.465 e. The minimum atomic E-state index is -2.43. The molecule has 0 aromatic carbocycles. The van der Waals surface area contributed by atoms with Gasteiger partial charge in [-0.25, -0.2) is 19.0 Å². The molecule has 0 radical (unpaired) electrons. The Bertz CT molecular complexity index is 711. The number of halogens is 5. The van der Waals surface area contributed by atoms with Crippen LogP contribution >= 0.6 is 46.4 Å². The molecule has 0 bridgehead atoms. The fourth-order valence-electron chi connectivity index (χ4n) is 1.58. The number of esters is 1. The Balaban J connectivity index is 3.30. The topological polar surface area (TPSA) is 107 Å². The summed E-state index contributed by atoms with van der Waals surface area (Å²) in [6, 6.07) is -1.29. The van der Waals surface area contributed by atoms with Gasteiger partial charge in [0.05, 0.1) is 25.1 Å². The molecule has 0 aliphatic carbocycles. The zero-order chi connectivity index (χ0) is 19.4. The number of imide groups is 1. The van der Waals surface area contributed by atoms with Gasteiger partial charge < -0.3 is 14.8 Å². The fraction of sp³-hybridized carbons (Fsp3) is 0.333.